The van der Waals surface area contributed by atoms with Crippen molar-refractivity contribution in [2.24, 2.45) is 5.92 Å². The Hall–Kier alpha value is -2.12. The maximum atomic E-state index is 13.7. The number of unbranched alkanes of at least 4 members (excludes halogenated alkanes) is 1. The second kappa shape index (κ2) is 11.7. The summed E-state index contributed by atoms with van der Waals surface area (Å²) in [6.45, 7) is 5.02. The number of piperazine rings is 1. The molecule has 1 aromatic rings. The summed E-state index contributed by atoms with van der Waals surface area (Å²) in [7, 11) is 1.63. The van der Waals surface area contributed by atoms with Crippen LogP contribution in [-0.2, 0) is 22.7 Å². The molecule has 2 heterocycles. The van der Waals surface area contributed by atoms with E-state index in [9.17, 15) is 14.7 Å². The molecule has 7 heteroatoms. The van der Waals surface area contributed by atoms with Crippen LogP contribution in [0.25, 0.3) is 0 Å². The molecular weight excluding hydrogens is 442 g/mol. The number of benzene rings is 1. The Balaban J connectivity index is 1.45. The summed E-state index contributed by atoms with van der Waals surface area (Å²) in [5, 5.41) is 12.8. The third kappa shape index (κ3) is 5.83. The van der Waals surface area contributed by atoms with Crippen LogP contribution in [-0.4, -0.2) is 65.0 Å². The molecule has 3 fully saturated rings. The maximum absolute atomic E-state index is 13.7. The van der Waals surface area contributed by atoms with Crippen molar-refractivity contribution in [3.8, 4) is 5.75 Å². The third-order valence-corrected chi connectivity index (χ3v) is 8.37. The molecule has 2 saturated heterocycles. The fourth-order valence-electron chi connectivity index (χ4n) is 6.30. The summed E-state index contributed by atoms with van der Waals surface area (Å²) in [5.41, 5.74) is 1.19. The van der Waals surface area contributed by atoms with E-state index in [1.54, 1.807) is 7.11 Å². The number of piperidine rings is 1. The van der Waals surface area contributed by atoms with E-state index in [4.69, 9.17) is 4.74 Å². The zero-order chi connectivity index (χ0) is 24.8. The van der Waals surface area contributed by atoms with Crippen LogP contribution in [0.15, 0.2) is 18.2 Å². The lowest BCUT2D eigenvalue weighted by molar-refractivity contribution is -0.162. The van der Waals surface area contributed by atoms with Gasteiger partial charge in [0.2, 0.25) is 11.8 Å². The van der Waals surface area contributed by atoms with Crippen molar-refractivity contribution in [3.63, 3.8) is 0 Å². The van der Waals surface area contributed by atoms with Gasteiger partial charge in [-0.2, -0.15) is 0 Å². The molecule has 2 aliphatic heterocycles. The zero-order valence-corrected chi connectivity index (χ0v) is 21.6. The Bertz CT molecular complexity index is 853. The monoisotopic (exact) mass is 485 g/mol. The first-order valence-electron chi connectivity index (χ1n) is 13.6. The summed E-state index contributed by atoms with van der Waals surface area (Å²) < 4.78 is 5.39. The quantitative estimate of drug-likeness (QED) is 0.558. The van der Waals surface area contributed by atoms with E-state index in [1.165, 1.54) is 32.1 Å². The average molecular weight is 486 g/mol. The van der Waals surface area contributed by atoms with Gasteiger partial charge < -0.3 is 20.1 Å². The first kappa shape index (κ1) is 26.0. The molecule has 1 spiro atoms. The Morgan fingerprint density at radius 3 is 2.46 bits per heavy atom. The largest absolute Gasteiger partial charge is 0.497 e. The number of carbonyl (C=O) groups excluding carboxylic acids is 2. The van der Waals surface area contributed by atoms with Crippen molar-refractivity contribution in [3.05, 3.63) is 29.3 Å². The van der Waals surface area contributed by atoms with Crippen LogP contribution in [0, 0.1) is 5.92 Å². The van der Waals surface area contributed by atoms with Crippen LogP contribution in [0.3, 0.4) is 0 Å². The van der Waals surface area contributed by atoms with Gasteiger partial charge in [-0.1, -0.05) is 51.5 Å². The minimum absolute atomic E-state index is 0.0238. The lowest BCUT2D eigenvalue weighted by Gasteiger charge is -2.52. The van der Waals surface area contributed by atoms with E-state index < -0.39 is 5.54 Å². The van der Waals surface area contributed by atoms with E-state index in [2.05, 4.69) is 17.1 Å². The molecule has 1 aliphatic carbocycles. The normalized spacial score (nSPS) is 23.5. The van der Waals surface area contributed by atoms with Crippen LogP contribution < -0.4 is 10.1 Å². The predicted molar refractivity (Wildman–Crippen MR) is 136 cm³/mol. The highest BCUT2D eigenvalue weighted by Crippen LogP contribution is 2.36. The molecule has 0 radical (unpaired) electrons. The molecule has 1 saturated carbocycles. The molecule has 2 amide bonds. The smallest absolute Gasteiger partial charge is 0.246 e. The number of aliphatic hydroxyl groups excluding tert-OH is 1. The van der Waals surface area contributed by atoms with Gasteiger partial charge in [0.15, 0.2) is 0 Å². The van der Waals surface area contributed by atoms with Crippen molar-refractivity contribution >= 4 is 11.8 Å². The SMILES string of the molecule is CCCCN1C(=O)C(CC2CCCCC2)NC(=O)C12CCN(Cc1cc(CO)cc(OC)c1)CC2. The van der Waals surface area contributed by atoms with Gasteiger partial charge >= 0.3 is 0 Å². The fourth-order valence-corrected chi connectivity index (χ4v) is 6.30. The maximum Gasteiger partial charge on any atom is 0.246 e. The van der Waals surface area contributed by atoms with Gasteiger partial charge in [0.25, 0.3) is 0 Å². The van der Waals surface area contributed by atoms with Crippen LogP contribution >= 0.6 is 0 Å². The van der Waals surface area contributed by atoms with E-state index in [1.807, 2.05) is 23.1 Å². The highest BCUT2D eigenvalue weighted by molar-refractivity contribution is 6.00. The summed E-state index contributed by atoms with van der Waals surface area (Å²) >= 11 is 0. The van der Waals surface area contributed by atoms with Crippen molar-refractivity contribution in [1.82, 2.24) is 15.1 Å². The number of carbonyl (C=O) groups is 2. The Kier molecular flexibility index (Phi) is 8.71. The minimum atomic E-state index is -0.726. The number of likely N-dealkylation sites (tertiary alicyclic amines) is 1. The molecule has 1 atom stereocenters. The van der Waals surface area contributed by atoms with Crippen LogP contribution in [0.5, 0.6) is 5.75 Å². The third-order valence-electron chi connectivity index (χ3n) is 8.37. The summed E-state index contributed by atoms with van der Waals surface area (Å²) in [6, 6.07) is 5.50. The fraction of sp³-hybridized carbons (Fsp3) is 0.714. The Morgan fingerprint density at radius 1 is 1.09 bits per heavy atom. The summed E-state index contributed by atoms with van der Waals surface area (Å²) in [4.78, 5) is 31.6. The summed E-state index contributed by atoms with van der Waals surface area (Å²) in [6.07, 6.45) is 10.2. The molecular formula is C28H43N3O4. The molecule has 7 nitrogen and oxygen atoms in total. The number of methoxy groups -OCH3 is 1. The molecule has 4 rings (SSSR count). The van der Waals surface area contributed by atoms with E-state index in [0.717, 1.165) is 55.8 Å². The number of rotatable bonds is 9. The first-order valence-corrected chi connectivity index (χ1v) is 13.6. The number of aliphatic hydroxyl groups is 1. The first-order chi connectivity index (χ1) is 17.0. The van der Waals surface area contributed by atoms with Crippen LogP contribution in [0.4, 0.5) is 0 Å². The van der Waals surface area contributed by atoms with Crippen LogP contribution in [0.2, 0.25) is 0 Å². The Labute approximate surface area is 210 Å². The number of hydrogen-bond donors (Lipinski definition) is 2. The van der Waals surface area contributed by atoms with Gasteiger partial charge in [0.1, 0.15) is 17.3 Å². The van der Waals surface area contributed by atoms with Gasteiger partial charge in [-0.05, 0) is 54.9 Å². The standard InChI is InChI=1S/C28H43N3O4/c1-3-4-12-31-26(33)25(18-21-8-6-5-7-9-21)29-27(34)28(31)10-13-30(14-11-28)19-22-15-23(20-32)17-24(16-22)35-2/h15-17,21,25,32H,3-14,18-20H2,1-2H3,(H,29,34). The molecule has 0 aromatic heterocycles. The average Bonchev–Trinajstić information content (AvgIpc) is 2.89. The van der Waals surface area contributed by atoms with Crippen molar-refractivity contribution in [2.45, 2.75) is 95.9 Å². The predicted octanol–water partition coefficient (Wildman–Crippen LogP) is 3.62. The lowest BCUT2D eigenvalue weighted by atomic mass is 9.79. The molecule has 194 valence electrons. The van der Waals surface area contributed by atoms with Gasteiger partial charge in [-0.15, -0.1) is 0 Å². The topological polar surface area (TPSA) is 82.1 Å². The van der Waals surface area contributed by atoms with Crippen LogP contribution in [0.1, 0.15) is 82.3 Å². The number of nitrogens with one attached hydrogen (secondary N) is 1. The second-order valence-corrected chi connectivity index (χ2v) is 10.8. The van der Waals surface area contributed by atoms with E-state index in [-0.39, 0.29) is 24.5 Å². The Morgan fingerprint density at radius 2 is 1.80 bits per heavy atom. The number of nitrogens with zero attached hydrogens (tertiary/aromatic N) is 2. The van der Waals surface area contributed by atoms with E-state index >= 15 is 0 Å². The highest BCUT2D eigenvalue weighted by Gasteiger charge is 2.53. The molecule has 0 bridgehead atoms. The van der Waals surface area contributed by atoms with Gasteiger partial charge in [0.05, 0.1) is 13.7 Å². The zero-order valence-electron chi connectivity index (χ0n) is 21.6. The summed E-state index contributed by atoms with van der Waals surface area (Å²) in [5.74, 6) is 1.48. The molecule has 1 unspecified atom stereocenters. The molecule has 1 aromatic carbocycles. The number of hydrogen-bond acceptors (Lipinski definition) is 5. The van der Waals surface area contributed by atoms with Crippen molar-refractivity contribution in [1.29, 1.82) is 0 Å². The lowest BCUT2D eigenvalue weighted by Crippen LogP contribution is -2.73. The number of ether oxygens (including phenoxy) is 1. The van der Waals surface area contributed by atoms with Crippen molar-refractivity contribution < 1.29 is 19.4 Å². The highest BCUT2D eigenvalue weighted by atomic mass is 16.5. The van der Waals surface area contributed by atoms with Crippen molar-refractivity contribution in [2.75, 3.05) is 26.7 Å². The minimum Gasteiger partial charge on any atom is -0.497 e. The molecule has 2 N–H and O–H groups in total. The van der Waals surface area contributed by atoms with E-state index in [0.29, 0.717) is 25.3 Å². The number of amides is 2. The molecule has 3 aliphatic rings. The molecule has 35 heavy (non-hydrogen) atoms. The second-order valence-electron chi connectivity index (χ2n) is 10.8. The van der Waals surface area contributed by atoms with Gasteiger partial charge in [-0.25, -0.2) is 0 Å². The van der Waals surface area contributed by atoms with Gasteiger partial charge in [-0.3, -0.25) is 14.5 Å². The van der Waals surface area contributed by atoms with Gasteiger partial charge in [0, 0.05) is 26.2 Å².